The maximum absolute atomic E-state index is 15.5. The second-order valence-electron chi connectivity index (χ2n) is 17.3. The van der Waals surface area contributed by atoms with E-state index in [0.717, 1.165) is 16.7 Å². The predicted octanol–water partition coefficient (Wildman–Crippen LogP) is 5.43. The minimum atomic E-state index is -3.98. The molecule has 3 aromatic carbocycles. The lowest BCUT2D eigenvalue weighted by molar-refractivity contribution is -0.123. The molecule has 2 aliphatic heterocycles. The van der Waals surface area contributed by atoms with Crippen LogP contribution in [0.1, 0.15) is 80.8 Å². The summed E-state index contributed by atoms with van der Waals surface area (Å²) in [6.45, 7) is 7.14. The zero-order chi connectivity index (χ0) is 45.0. The van der Waals surface area contributed by atoms with Gasteiger partial charge in [0.05, 0.1) is 51.9 Å². The van der Waals surface area contributed by atoms with Crippen molar-refractivity contribution in [1.29, 1.82) is 0 Å². The largest absolute Gasteiger partial charge is 0.494 e. The van der Waals surface area contributed by atoms with Crippen LogP contribution in [0.15, 0.2) is 70.4 Å². The fourth-order valence-electron chi connectivity index (χ4n) is 8.66. The van der Waals surface area contributed by atoms with Gasteiger partial charge >= 0.3 is 7.12 Å². The maximum Gasteiger partial charge on any atom is 0.494 e. The fraction of sp³-hybridized carbons (Fsp3) is 0.429. The van der Waals surface area contributed by atoms with E-state index in [1.807, 2.05) is 27.7 Å². The van der Waals surface area contributed by atoms with Gasteiger partial charge in [0.15, 0.2) is 0 Å². The molecule has 0 spiro atoms. The number of nitrogens with one attached hydrogen (secondary N) is 1. The summed E-state index contributed by atoms with van der Waals surface area (Å²) in [5, 5.41) is 6.48. The number of hydrogen-bond acceptors (Lipinski definition) is 9. The average Bonchev–Trinajstić information content (AvgIpc) is 3.81. The first kappa shape index (κ1) is 43.2. The van der Waals surface area contributed by atoms with Gasteiger partial charge in [-0.05, 0) is 99.6 Å². The van der Waals surface area contributed by atoms with E-state index in [4.69, 9.17) is 19.0 Å². The van der Waals surface area contributed by atoms with Gasteiger partial charge in [-0.3, -0.25) is 18.8 Å². The number of sulfonamides is 1. The molecule has 1 N–H and O–H groups in total. The van der Waals surface area contributed by atoms with Crippen molar-refractivity contribution in [2.45, 2.75) is 87.5 Å². The smallest absolute Gasteiger partial charge is 0.399 e. The van der Waals surface area contributed by atoms with Crippen molar-refractivity contribution in [3.05, 3.63) is 111 Å². The van der Waals surface area contributed by atoms with E-state index in [0.29, 0.717) is 16.2 Å². The zero-order valence-electron chi connectivity index (χ0n) is 34.4. The summed E-state index contributed by atoms with van der Waals surface area (Å²) >= 11 is 0. The highest BCUT2D eigenvalue weighted by molar-refractivity contribution is 7.89. The number of alkyl halides is 4. The molecule has 4 heterocycles. The number of nitrogens with zero attached hydrogens (tertiary/aromatic N) is 5. The minimum Gasteiger partial charge on any atom is -0.399 e. The number of amides is 1. The highest BCUT2D eigenvalue weighted by atomic mass is 32.2. The number of carbonyl (C=O) groups excluding carboxylic acids is 1. The molecule has 5 aromatic rings. The monoisotopic (exact) mass is 898 g/mol. The number of fused-ring (bicyclic) bond motifs is 4. The van der Waals surface area contributed by atoms with Crippen LogP contribution in [-0.4, -0.2) is 82.6 Å². The lowest BCUT2D eigenvalue weighted by atomic mass is 9.79. The molecule has 63 heavy (non-hydrogen) atoms. The number of ether oxygens (including phenoxy) is 1. The molecule has 3 fully saturated rings. The van der Waals surface area contributed by atoms with Gasteiger partial charge in [-0.15, -0.1) is 0 Å². The van der Waals surface area contributed by atoms with Crippen molar-refractivity contribution in [2.24, 2.45) is 5.92 Å². The van der Waals surface area contributed by atoms with E-state index in [1.165, 1.54) is 34.6 Å². The van der Waals surface area contributed by atoms with Crippen molar-refractivity contribution in [3.8, 4) is 5.69 Å². The SMILES string of the molecule is CC1(C)OB(c2ccc3c(=O)n(-c4ccc(S(=O)(=O)N5CCOCC5)cc4)c([C@H](Cc4cc(F)cc(F)c4)NC(=O)Cn4nc(C(F)F)c5c4C(F)(F)[C@H]4C[C@@H]54)nc3c2)OC1(C)C. The molecule has 9 rings (SSSR count). The quantitative estimate of drug-likeness (QED) is 0.136. The van der Waals surface area contributed by atoms with E-state index >= 15 is 8.78 Å². The normalized spacial score (nSPS) is 21.7. The van der Waals surface area contributed by atoms with Crippen LogP contribution in [0, 0.1) is 17.6 Å². The minimum absolute atomic E-state index is 0.00536. The standard InChI is InChI=1S/C42H41BF6N6O7S/c1-40(2)41(3,4)62-43(61-40)23-5-10-28-31(18-23)51-38(55(39(28)57)26-6-8-27(9-7-26)63(58,59)53-11-13-60-14-12-53)32(17-22-15-24(44)19-25(45)16-22)50-33(56)21-54-36-34(35(52-54)37(46)47)29-20-30(29)42(36,48)49/h5-10,15-16,18-19,29-30,32,37H,11-14,17,20-21H2,1-4H3,(H,50,56)/t29-,30+,32+/m1/s1. The molecule has 0 unspecified atom stereocenters. The molecule has 0 bridgehead atoms. The molecule has 332 valence electrons. The first-order valence-electron chi connectivity index (χ1n) is 20.3. The van der Waals surface area contributed by atoms with Crippen LogP contribution in [0.5, 0.6) is 0 Å². The molecule has 1 amide bonds. The molecule has 21 heteroatoms. The molecule has 4 aliphatic rings. The van der Waals surface area contributed by atoms with Crippen LogP contribution >= 0.6 is 0 Å². The van der Waals surface area contributed by atoms with Crippen LogP contribution in [0.3, 0.4) is 0 Å². The number of rotatable bonds is 11. The summed E-state index contributed by atoms with van der Waals surface area (Å²) in [5.41, 5.74) is -3.43. The number of carbonyl (C=O) groups is 1. The Kier molecular flexibility index (Phi) is 10.5. The summed E-state index contributed by atoms with van der Waals surface area (Å²) in [4.78, 5) is 33.6. The third-order valence-electron chi connectivity index (χ3n) is 12.6. The van der Waals surface area contributed by atoms with Crippen LogP contribution in [0.2, 0.25) is 0 Å². The van der Waals surface area contributed by atoms with Crippen molar-refractivity contribution in [1.82, 2.24) is 29.0 Å². The Labute approximate surface area is 357 Å². The molecule has 2 aliphatic carbocycles. The second-order valence-corrected chi connectivity index (χ2v) is 19.2. The Morgan fingerprint density at radius 2 is 1.60 bits per heavy atom. The molecule has 0 radical (unpaired) electrons. The Morgan fingerprint density at radius 3 is 2.24 bits per heavy atom. The van der Waals surface area contributed by atoms with Crippen LogP contribution in [-0.2, 0) is 47.8 Å². The highest BCUT2D eigenvalue weighted by Gasteiger charge is 2.67. The summed E-state index contributed by atoms with van der Waals surface area (Å²) in [6.07, 6.45) is -3.62. The van der Waals surface area contributed by atoms with Crippen LogP contribution < -0.4 is 16.3 Å². The highest BCUT2D eigenvalue weighted by Crippen LogP contribution is 2.68. The molecule has 13 nitrogen and oxygen atoms in total. The molecular formula is C42H41BF6N6O7S. The topological polar surface area (TPSA) is 147 Å². The Morgan fingerprint density at radius 1 is 0.952 bits per heavy atom. The number of halogens is 6. The van der Waals surface area contributed by atoms with Crippen molar-refractivity contribution < 1.29 is 53.6 Å². The molecule has 1 saturated carbocycles. The third kappa shape index (κ3) is 7.54. The average molecular weight is 899 g/mol. The Hall–Kier alpha value is -5.09. The van der Waals surface area contributed by atoms with E-state index in [2.05, 4.69) is 10.4 Å². The lowest BCUT2D eigenvalue weighted by Gasteiger charge is -2.32. The van der Waals surface area contributed by atoms with E-state index in [-0.39, 0.29) is 71.2 Å². The zero-order valence-corrected chi connectivity index (χ0v) is 35.2. The first-order chi connectivity index (χ1) is 29.7. The summed E-state index contributed by atoms with van der Waals surface area (Å²) in [6, 6.07) is 11.1. The van der Waals surface area contributed by atoms with E-state index in [9.17, 15) is 35.6 Å². The maximum atomic E-state index is 15.5. The summed E-state index contributed by atoms with van der Waals surface area (Å²) < 4.78 is 136. The van der Waals surface area contributed by atoms with Crippen LogP contribution in [0.25, 0.3) is 16.6 Å². The predicted molar refractivity (Wildman–Crippen MR) is 216 cm³/mol. The summed E-state index contributed by atoms with van der Waals surface area (Å²) in [7, 11) is -4.88. The van der Waals surface area contributed by atoms with Gasteiger partial charge in [-0.1, -0.05) is 6.07 Å². The Bertz CT molecular complexity index is 2800. The van der Waals surface area contributed by atoms with Gasteiger partial charge in [0.25, 0.3) is 17.9 Å². The fourth-order valence-corrected chi connectivity index (χ4v) is 10.1. The second kappa shape index (κ2) is 15.3. The molecule has 3 atom stereocenters. The number of aromatic nitrogens is 4. The Balaban J connectivity index is 1.17. The van der Waals surface area contributed by atoms with E-state index in [1.54, 1.807) is 12.1 Å². The molecule has 2 aromatic heterocycles. The van der Waals surface area contributed by atoms with Gasteiger partial charge < -0.3 is 19.4 Å². The van der Waals surface area contributed by atoms with Gasteiger partial charge in [-0.2, -0.15) is 18.2 Å². The molecular weight excluding hydrogens is 857 g/mol. The number of morpholine rings is 1. The summed E-state index contributed by atoms with van der Waals surface area (Å²) in [5.74, 6) is -8.72. The van der Waals surface area contributed by atoms with Crippen molar-refractivity contribution >= 4 is 39.4 Å². The molecule has 2 saturated heterocycles. The van der Waals surface area contributed by atoms with Gasteiger partial charge in [0.2, 0.25) is 15.9 Å². The van der Waals surface area contributed by atoms with Crippen molar-refractivity contribution in [3.63, 3.8) is 0 Å². The van der Waals surface area contributed by atoms with Gasteiger partial charge in [0.1, 0.15) is 35.4 Å². The third-order valence-corrected chi connectivity index (χ3v) is 14.5. The number of hydrogen-bond donors (Lipinski definition) is 1. The number of benzene rings is 3. The van der Waals surface area contributed by atoms with Crippen LogP contribution in [0.4, 0.5) is 26.3 Å². The van der Waals surface area contributed by atoms with Gasteiger partial charge in [0, 0.05) is 37.1 Å². The first-order valence-corrected chi connectivity index (χ1v) is 21.7. The van der Waals surface area contributed by atoms with Crippen molar-refractivity contribution in [2.75, 3.05) is 26.3 Å². The van der Waals surface area contributed by atoms with E-state index < -0.39 is 106 Å². The lowest BCUT2D eigenvalue weighted by Crippen LogP contribution is -2.41. The van der Waals surface area contributed by atoms with Gasteiger partial charge in [-0.25, -0.2) is 31.0 Å².